The largest absolute Gasteiger partial charge is 0.534 e. The Kier molecular flexibility index (Phi) is 8.31. The molecule has 0 radical (unpaired) electrons. The van der Waals surface area contributed by atoms with Gasteiger partial charge in [-0.25, -0.2) is 0 Å². The normalized spacial score (nSPS) is 19.5. The Bertz CT molecular complexity index is 475. The van der Waals surface area contributed by atoms with Crippen molar-refractivity contribution in [1.82, 2.24) is 0 Å². The van der Waals surface area contributed by atoms with E-state index in [2.05, 4.69) is 4.18 Å². The van der Waals surface area contributed by atoms with Gasteiger partial charge in [-0.2, -0.15) is 21.6 Å². The van der Waals surface area contributed by atoms with E-state index in [0.717, 1.165) is 0 Å². The van der Waals surface area contributed by atoms with E-state index < -0.39 is 15.6 Å². The Hall–Kier alpha value is -0.840. The van der Waals surface area contributed by atoms with Crippen molar-refractivity contribution in [2.45, 2.75) is 24.8 Å². The molecule has 0 saturated carbocycles. The summed E-state index contributed by atoms with van der Waals surface area (Å²) in [5, 5.41) is 0. The molecule has 0 aromatic heterocycles. The molecule has 0 aromatic rings. The van der Waals surface area contributed by atoms with E-state index in [1.807, 2.05) is 0 Å². The maximum absolute atomic E-state index is 12.2. The van der Waals surface area contributed by atoms with E-state index in [4.69, 9.17) is 14.2 Å². The van der Waals surface area contributed by atoms with Crippen LogP contribution in [0.25, 0.3) is 0 Å². The van der Waals surface area contributed by atoms with Crippen LogP contribution in [0, 0.1) is 5.92 Å². The molecule has 0 N–H and O–H groups in total. The maximum atomic E-state index is 12.2. The van der Waals surface area contributed by atoms with Crippen molar-refractivity contribution in [3.8, 4) is 0 Å². The second-order valence-corrected chi connectivity index (χ2v) is 6.51. The number of methoxy groups -OCH3 is 1. The zero-order chi connectivity index (χ0) is 17.3. The summed E-state index contributed by atoms with van der Waals surface area (Å²) in [6.07, 6.45) is 2.42. The summed E-state index contributed by atoms with van der Waals surface area (Å²) < 4.78 is 77.9. The van der Waals surface area contributed by atoms with Crippen LogP contribution in [-0.2, 0) is 28.5 Å². The van der Waals surface area contributed by atoms with Gasteiger partial charge in [0.25, 0.3) is 0 Å². The predicted molar refractivity (Wildman–Crippen MR) is 75.0 cm³/mol. The molecule has 0 aliphatic heterocycles. The van der Waals surface area contributed by atoms with Crippen molar-refractivity contribution in [1.29, 1.82) is 0 Å². The fourth-order valence-corrected chi connectivity index (χ4v) is 2.42. The van der Waals surface area contributed by atoms with E-state index in [9.17, 15) is 21.6 Å². The molecule has 23 heavy (non-hydrogen) atoms. The molecule has 0 spiro atoms. The zero-order valence-electron chi connectivity index (χ0n) is 12.8. The quantitative estimate of drug-likeness (QED) is 0.337. The molecule has 1 unspecified atom stereocenters. The first-order valence-corrected chi connectivity index (χ1v) is 8.51. The molecule has 1 aliphatic carbocycles. The number of allylic oxidation sites excluding steroid dienone is 2. The Labute approximate surface area is 133 Å². The van der Waals surface area contributed by atoms with Crippen molar-refractivity contribution in [3.05, 3.63) is 11.8 Å². The highest BCUT2D eigenvalue weighted by Crippen LogP contribution is 2.31. The molecule has 0 bridgehead atoms. The Morgan fingerprint density at radius 1 is 1.17 bits per heavy atom. The van der Waals surface area contributed by atoms with Crippen LogP contribution in [0.3, 0.4) is 0 Å². The minimum Gasteiger partial charge on any atom is -0.382 e. The van der Waals surface area contributed by atoms with Crippen LogP contribution in [0.4, 0.5) is 13.2 Å². The van der Waals surface area contributed by atoms with Gasteiger partial charge in [0.05, 0.1) is 26.4 Å². The van der Waals surface area contributed by atoms with Crippen molar-refractivity contribution in [2.75, 3.05) is 40.1 Å². The fourth-order valence-electron chi connectivity index (χ4n) is 1.89. The molecule has 0 aromatic carbocycles. The summed E-state index contributed by atoms with van der Waals surface area (Å²) in [6.45, 7) is 2.28. The molecular formula is C13H21F3O6S. The summed E-state index contributed by atoms with van der Waals surface area (Å²) in [7, 11) is -4.00. The maximum Gasteiger partial charge on any atom is 0.534 e. The molecule has 0 fully saturated rings. The van der Waals surface area contributed by atoms with Crippen LogP contribution >= 0.6 is 0 Å². The minimum absolute atomic E-state index is 0.120. The van der Waals surface area contributed by atoms with Crippen molar-refractivity contribution in [3.63, 3.8) is 0 Å². The van der Waals surface area contributed by atoms with Gasteiger partial charge in [-0.15, -0.1) is 0 Å². The van der Waals surface area contributed by atoms with Gasteiger partial charge in [0.15, 0.2) is 0 Å². The van der Waals surface area contributed by atoms with Crippen molar-refractivity contribution >= 4 is 10.1 Å². The van der Waals surface area contributed by atoms with Gasteiger partial charge < -0.3 is 18.4 Å². The summed E-state index contributed by atoms with van der Waals surface area (Å²) >= 11 is 0. The van der Waals surface area contributed by atoms with E-state index >= 15 is 0 Å². The average molecular weight is 362 g/mol. The molecule has 0 heterocycles. The van der Waals surface area contributed by atoms with E-state index in [1.54, 1.807) is 7.11 Å². The molecule has 0 amide bonds. The van der Waals surface area contributed by atoms with Crippen LogP contribution in [0.1, 0.15) is 19.3 Å². The van der Waals surface area contributed by atoms with Crippen LogP contribution < -0.4 is 0 Å². The van der Waals surface area contributed by atoms with E-state index in [-0.39, 0.29) is 18.1 Å². The van der Waals surface area contributed by atoms with Crippen molar-refractivity contribution in [2.24, 2.45) is 5.92 Å². The van der Waals surface area contributed by atoms with Gasteiger partial charge in [0.2, 0.25) is 0 Å². The second-order valence-electron chi connectivity index (χ2n) is 4.97. The van der Waals surface area contributed by atoms with Crippen LogP contribution in [0.15, 0.2) is 11.8 Å². The summed E-state index contributed by atoms with van der Waals surface area (Å²) in [5.74, 6) is -0.0450. The molecular weight excluding hydrogens is 341 g/mol. The third kappa shape index (κ3) is 7.51. The first-order valence-electron chi connectivity index (χ1n) is 7.10. The third-order valence-corrected chi connectivity index (χ3v) is 4.14. The number of hydrogen-bond acceptors (Lipinski definition) is 6. The van der Waals surface area contributed by atoms with Crippen LogP contribution in [0.5, 0.6) is 0 Å². The number of alkyl halides is 3. The lowest BCUT2D eigenvalue weighted by atomic mass is 9.94. The van der Waals surface area contributed by atoms with E-state index in [1.165, 1.54) is 6.08 Å². The lowest BCUT2D eigenvalue weighted by Crippen LogP contribution is -2.26. The van der Waals surface area contributed by atoms with Crippen LogP contribution in [0.2, 0.25) is 0 Å². The van der Waals surface area contributed by atoms with Gasteiger partial charge in [-0.05, 0) is 24.8 Å². The summed E-state index contributed by atoms with van der Waals surface area (Å²) in [4.78, 5) is 0. The first-order chi connectivity index (χ1) is 10.8. The average Bonchev–Trinajstić information content (AvgIpc) is 2.46. The van der Waals surface area contributed by atoms with Gasteiger partial charge >= 0.3 is 15.6 Å². The molecule has 1 aliphatic rings. The fraction of sp³-hybridized carbons (Fsp3) is 0.846. The number of hydrogen-bond donors (Lipinski definition) is 0. The summed E-state index contributed by atoms with van der Waals surface area (Å²) in [5.41, 5.74) is -5.41. The smallest absolute Gasteiger partial charge is 0.382 e. The highest BCUT2D eigenvalue weighted by atomic mass is 32.2. The molecule has 136 valence electrons. The first kappa shape index (κ1) is 20.2. The molecule has 1 atom stereocenters. The third-order valence-electron chi connectivity index (χ3n) is 3.14. The number of halogens is 3. The minimum atomic E-state index is -5.57. The van der Waals surface area contributed by atoms with Crippen molar-refractivity contribution < 1.29 is 40.0 Å². The van der Waals surface area contributed by atoms with Crippen LogP contribution in [-0.4, -0.2) is 54.1 Å². The van der Waals surface area contributed by atoms with Gasteiger partial charge in [-0.3, -0.25) is 0 Å². The summed E-state index contributed by atoms with van der Waals surface area (Å²) in [6, 6.07) is 0. The second kappa shape index (κ2) is 9.45. The Balaban J connectivity index is 2.23. The molecule has 0 saturated heterocycles. The highest BCUT2D eigenvalue weighted by Gasteiger charge is 2.48. The van der Waals surface area contributed by atoms with Gasteiger partial charge in [-0.1, -0.05) is 0 Å². The molecule has 6 nitrogen and oxygen atoms in total. The molecule has 10 heteroatoms. The monoisotopic (exact) mass is 362 g/mol. The topological polar surface area (TPSA) is 71.1 Å². The Morgan fingerprint density at radius 2 is 1.83 bits per heavy atom. The highest BCUT2D eigenvalue weighted by molar-refractivity contribution is 7.87. The number of rotatable bonds is 10. The predicted octanol–water partition coefficient (Wildman–Crippen LogP) is 2.22. The Morgan fingerprint density at radius 3 is 2.39 bits per heavy atom. The number of ether oxygens (including phenoxy) is 3. The SMILES string of the molecule is COCCOCCOCC1CC=C(OS(=O)(=O)C(F)(F)F)CC1. The van der Waals surface area contributed by atoms with E-state index in [0.29, 0.717) is 45.9 Å². The van der Waals surface area contributed by atoms with Gasteiger partial charge in [0, 0.05) is 20.1 Å². The lowest BCUT2D eigenvalue weighted by Gasteiger charge is -2.22. The zero-order valence-corrected chi connectivity index (χ0v) is 13.6. The van der Waals surface area contributed by atoms with Gasteiger partial charge in [0.1, 0.15) is 5.76 Å². The standard InChI is InChI=1S/C13H21F3O6S/c1-19-6-7-20-8-9-21-10-11-2-4-12(5-3-11)22-23(17,18)13(14,15)16/h4,11H,2-3,5-10H2,1H3. The lowest BCUT2D eigenvalue weighted by molar-refractivity contribution is -0.0525. The molecule has 1 rings (SSSR count).